The summed E-state index contributed by atoms with van der Waals surface area (Å²) in [6.07, 6.45) is 1.67. The van der Waals surface area contributed by atoms with Crippen molar-refractivity contribution in [3.63, 3.8) is 0 Å². The Labute approximate surface area is 193 Å². The Kier molecular flexibility index (Phi) is 6.34. The van der Waals surface area contributed by atoms with Crippen molar-refractivity contribution in [2.75, 3.05) is 17.3 Å². The predicted molar refractivity (Wildman–Crippen MR) is 129 cm³/mol. The lowest BCUT2D eigenvalue weighted by atomic mass is 10.1. The van der Waals surface area contributed by atoms with E-state index in [1.165, 1.54) is 17.0 Å². The maximum absolute atomic E-state index is 14.2. The molecule has 3 aromatic carbocycles. The number of nitrogens with one attached hydrogen (secondary N) is 1. The molecular weight excluding hydrogens is 447 g/mol. The van der Waals surface area contributed by atoms with Gasteiger partial charge in [0.25, 0.3) is 11.8 Å². The Hall–Kier alpha value is -3.49. The molecule has 1 aliphatic heterocycles. The fourth-order valence-corrected chi connectivity index (χ4v) is 4.40. The zero-order valence-corrected chi connectivity index (χ0v) is 18.5. The topological polar surface area (TPSA) is 58.6 Å². The first-order chi connectivity index (χ1) is 15.5. The molecule has 1 saturated heterocycles. The average Bonchev–Trinajstić information content (AvgIpc) is 3.07. The summed E-state index contributed by atoms with van der Waals surface area (Å²) in [5, 5.41) is 2.84. The summed E-state index contributed by atoms with van der Waals surface area (Å²) in [6.45, 7) is 0. The maximum Gasteiger partial charge on any atom is 0.270 e. The molecule has 0 atom stereocenters. The van der Waals surface area contributed by atoms with Gasteiger partial charge in [-0.05, 0) is 60.2 Å². The first-order valence-corrected chi connectivity index (χ1v) is 10.8. The van der Waals surface area contributed by atoms with E-state index in [0.717, 1.165) is 11.8 Å². The summed E-state index contributed by atoms with van der Waals surface area (Å²) < 4.78 is 19.5. The summed E-state index contributed by atoms with van der Waals surface area (Å²) in [4.78, 5) is 27.0. The van der Waals surface area contributed by atoms with Crippen LogP contribution in [-0.4, -0.2) is 23.2 Å². The van der Waals surface area contributed by atoms with Gasteiger partial charge in [0.05, 0.1) is 17.7 Å². The van der Waals surface area contributed by atoms with Crippen LogP contribution in [0.1, 0.15) is 15.9 Å². The van der Waals surface area contributed by atoms with Gasteiger partial charge in [0.15, 0.2) is 4.32 Å². The van der Waals surface area contributed by atoms with Crippen LogP contribution in [0.25, 0.3) is 6.08 Å². The number of methoxy groups -OCH3 is 1. The summed E-state index contributed by atoms with van der Waals surface area (Å²) >= 11 is 6.41. The third kappa shape index (κ3) is 4.56. The molecule has 0 unspecified atom stereocenters. The van der Waals surface area contributed by atoms with Gasteiger partial charge in [-0.2, -0.15) is 0 Å². The van der Waals surface area contributed by atoms with Gasteiger partial charge in [-0.3, -0.25) is 14.5 Å². The largest absolute Gasteiger partial charge is 0.497 e. The number of carbonyl (C=O) groups excluding carboxylic acids is 2. The summed E-state index contributed by atoms with van der Waals surface area (Å²) in [7, 11) is 1.56. The van der Waals surface area contributed by atoms with E-state index >= 15 is 0 Å². The van der Waals surface area contributed by atoms with Gasteiger partial charge < -0.3 is 10.1 Å². The standard InChI is InChI=1S/C24H17FN2O3S2/c1-30-18-11-9-16(10-12-18)22(28)26-17-6-4-5-15(13-17)14-21-23(29)27(24(31)32-21)20-8-3-2-7-19(20)25/h2-14H,1H3,(H,26,28). The summed E-state index contributed by atoms with van der Waals surface area (Å²) in [5.74, 6) is -0.516. The van der Waals surface area contributed by atoms with E-state index in [4.69, 9.17) is 17.0 Å². The van der Waals surface area contributed by atoms with E-state index in [2.05, 4.69) is 5.32 Å². The molecule has 0 saturated carbocycles. The average molecular weight is 465 g/mol. The number of amides is 2. The molecule has 4 rings (SSSR count). The molecule has 0 bridgehead atoms. The van der Waals surface area contributed by atoms with Crippen molar-refractivity contribution in [3.05, 3.63) is 94.6 Å². The molecule has 0 spiro atoms. The molecule has 2 amide bonds. The third-order valence-corrected chi connectivity index (χ3v) is 5.98. The molecule has 32 heavy (non-hydrogen) atoms. The van der Waals surface area contributed by atoms with Crippen molar-refractivity contribution in [3.8, 4) is 5.75 Å². The van der Waals surface area contributed by atoms with Crippen LogP contribution in [0.4, 0.5) is 15.8 Å². The third-order valence-electron chi connectivity index (χ3n) is 4.68. The van der Waals surface area contributed by atoms with Gasteiger partial charge in [-0.25, -0.2) is 4.39 Å². The normalized spacial score (nSPS) is 14.7. The Morgan fingerprint density at radius 1 is 1.09 bits per heavy atom. The van der Waals surface area contributed by atoms with E-state index in [0.29, 0.717) is 27.5 Å². The first kappa shape index (κ1) is 21.7. The lowest BCUT2D eigenvalue weighted by Crippen LogP contribution is -2.28. The maximum atomic E-state index is 14.2. The van der Waals surface area contributed by atoms with Crippen LogP contribution < -0.4 is 15.0 Å². The van der Waals surface area contributed by atoms with Gasteiger partial charge in [0.1, 0.15) is 11.6 Å². The SMILES string of the molecule is COc1ccc(C(=O)Nc2cccc(C=C3SC(=S)N(c4ccccc4F)C3=O)c2)cc1. The van der Waals surface area contributed by atoms with Crippen LogP contribution in [0.15, 0.2) is 77.7 Å². The van der Waals surface area contributed by atoms with E-state index in [-0.39, 0.29) is 15.9 Å². The van der Waals surface area contributed by atoms with Crippen molar-refractivity contribution in [1.82, 2.24) is 0 Å². The highest BCUT2D eigenvalue weighted by molar-refractivity contribution is 8.27. The summed E-state index contributed by atoms with van der Waals surface area (Å²) in [6, 6.07) is 19.8. The first-order valence-electron chi connectivity index (χ1n) is 9.54. The number of anilines is 2. The van der Waals surface area contributed by atoms with E-state index in [9.17, 15) is 14.0 Å². The minimum atomic E-state index is -0.520. The Bertz CT molecular complexity index is 1240. The number of hydrogen-bond acceptors (Lipinski definition) is 5. The molecule has 1 heterocycles. The molecule has 0 radical (unpaired) electrons. The van der Waals surface area contributed by atoms with Crippen molar-refractivity contribution in [2.45, 2.75) is 0 Å². The molecule has 5 nitrogen and oxygen atoms in total. The fourth-order valence-electron chi connectivity index (χ4n) is 3.11. The zero-order chi connectivity index (χ0) is 22.7. The van der Waals surface area contributed by atoms with Gasteiger partial charge in [-0.15, -0.1) is 0 Å². The number of benzene rings is 3. The van der Waals surface area contributed by atoms with Gasteiger partial charge in [-0.1, -0.05) is 48.2 Å². The fraction of sp³-hybridized carbons (Fsp3) is 0.0417. The number of halogens is 1. The Balaban J connectivity index is 1.53. The number of thioether (sulfide) groups is 1. The second-order valence-corrected chi connectivity index (χ2v) is 8.45. The lowest BCUT2D eigenvalue weighted by molar-refractivity contribution is -0.113. The van der Waals surface area contributed by atoms with Crippen LogP contribution in [-0.2, 0) is 4.79 Å². The Morgan fingerprint density at radius 3 is 2.56 bits per heavy atom. The van der Waals surface area contributed by atoms with E-state index < -0.39 is 11.7 Å². The monoisotopic (exact) mass is 464 g/mol. The highest BCUT2D eigenvalue weighted by Crippen LogP contribution is 2.37. The zero-order valence-electron chi connectivity index (χ0n) is 16.9. The summed E-state index contributed by atoms with van der Waals surface area (Å²) in [5.41, 5.74) is 1.89. The van der Waals surface area contributed by atoms with Crippen molar-refractivity contribution in [1.29, 1.82) is 0 Å². The molecule has 0 aliphatic carbocycles. The Morgan fingerprint density at radius 2 is 1.84 bits per heavy atom. The lowest BCUT2D eigenvalue weighted by Gasteiger charge is -2.14. The number of carbonyl (C=O) groups is 2. The minimum absolute atomic E-state index is 0.124. The predicted octanol–water partition coefficient (Wildman–Crippen LogP) is 5.49. The number of rotatable bonds is 5. The van der Waals surface area contributed by atoms with E-state index in [1.54, 1.807) is 73.8 Å². The molecule has 3 aromatic rings. The van der Waals surface area contributed by atoms with Gasteiger partial charge in [0, 0.05) is 11.3 Å². The second-order valence-electron chi connectivity index (χ2n) is 6.78. The highest BCUT2D eigenvalue weighted by atomic mass is 32.2. The second kappa shape index (κ2) is 9.33. The highest BCUT2D eigenvalue weighted by Gasteiger charge is 2.34. The quantitative estimate of drug-likeness (QED) is 0.400. The number of ether oxygens (including phenoxy) is 1. The van der Waals surface area contributed by atoms with E-state index in [1.807, 2.05) is 0 Å². The van der Waals surface area contributed by atoms with Crippen LogP contribution in [0.3, 0.4) is 0 Å². The molecule has 8 heteroatoms. The molecule has 0 aromatic heterocycles. The van der Waals surface area contributed by atoms with Crippen LogP contribution >= 0.6 is 24.0 Å². The molecule has 1 fully saturated rings. The molecule has 1 aliphatic rings. The van der Waals surface area contributed by atoms with Crippen LogP contribution in [0.2, 0.25) is 0 Å². The molecule has 160 valence electrons. The number of para-hydroxylation sites is 1. The molecular formula is C24H17FN2O3S2. The molecule has 1 N–H and O–H groups in total. The van der Waals surface area contributed by atoms with Gasteiger partial charge in [0.2, 0.25) is 0 Å². The van der Waals surface area contributed by atoms with Crippen molar-refractivity contribution < 1.29 is 18.7 Å². The van der Waals surface area contributed by atoms with Crippen LogP contribution in [0.5, 0.6) is 5.75 Å². The number of nitrogens with zero attached hydrogens (tertiary/aromatic N) is 1. The number of hydrogen-bond donors (Lipinski definition) is 1. The van der Waals surface area contributed by atoms with Crippen molar-refractivity contribution >= 4 is 57.6 Å². The van der Waals surface area contributed by atoms with Gasteiger partial charge >= 0.3 is 0 Å². The van der Waals surface area contributed by atoms with Crippen molar-refractivity contribution in [2.24, 2.45) is 0 Å². The number of thiocarbonyl (C=S) groups is 1. The smallest absolute Gasteiger partial charge is 0.270 e. The minimum Gasteiger partial charge on any atom is -0.497 e. The van der Waals surface area contributed by atoms with Crippen LogP contribution in [0, 0.1) is 5.82 Å².